The molecule has 116 valence electrons. The molecule has 0 aliphatic carbocycles. The standard InChI is InChI=1S/C14H22N4O3/c19-14(13-11-10-21-7-2-12(11)16-17-13)15-3-1-4-18-5-8-20-9-6-18/h1-10H2,(H,15,19)(H,16,17). The maximum Gasteiger partial charge on any atom is 0.272 e. The van der Waals surface area contributed by atoms with Gasteiger partial charge in [-0.3, -0.25) is 14.8 Å². The smallest absolute Gasteiger partial charge is 0.272 e. The Kier molecular flexibility index (Phi) is 4.84. The lowest BCUT2D eigenvalue weighted by Crippen LogP contribution is -2.38. The first-order valence-electron chi connectivity index (χ1n) is 7.57. The first-order valence-corrected chi connectivity index (χ1v) is 7.57. The highest BCUT2D eigenvalue weighted by Gasteiger charge is 2.21. The highest BCUT2D eigenvalue weighted by atomic mass is 16.5. The maximum atomic E-state index is 12.1. The van der Waals surface area contributed by atoms with Crippen molar-refractivity contribution in [2.75, 3.05) is 46.0 Å². The summed E-state index contributed by atoms with van der Waals surface area (Å²) in [5.74, 6) is -0.111. The molecular formula is C14H22N4O3. The van der Waals surface area contributed by atoms with Gasteiger partial charge in [0.15, 0.2) is 5.69 Å². The summed E-state index contributed by atoms with van der Waals surface area (Å²) in [6, 6.07) is 0. The first kappa shape index (κ1) is 14.5. The number of aromatic amines is 1. The predicted octanol–water partition coefficient (Wildman–Crippen LogP) is -0.0655. The van der Waals surface area contributed by atoms with Crippen molar-refractivity contribution in [1.82, 2.24) is 20.4 Å². The molecular weight excluding hydrogens is 272 g/mol. The van der Waals surface area contributed by atoms with Gasteiger partial charge in [-0.15, -0.1) is 0 Å². The second kappa shape index (κ2) is 7.02. The molecule has 0 saturated carbocycles. The van der Waals surface area contributed by atoms with Crippen LogP contribution >= 0.6 is 0 Å². The fourth-order valence-corrected chi connectivity index (χ4v) is 2.71. The van der Waals surface area contributed by atoms with Crippen molar-refractivity contribution >= 4 is 5.91 Å². The Labute approximate surface area is 124 Å². The van der Waals surface area contributed by atoms with Crippen molar-refractivity contribution in [2.45, 2.75) is 19.4 Å². The van der Waals surface area contributed by atoms with Gasteiger partial charge in [0.05, 0.1) is 26.4 Å². The molecule has 2 N–H and O–H groups in total. The Morgan fingerprint density at radius 2 is 2.14 bits per heavy atom. The summed E-state index contributed by atoms with van der Waals surface area (Å²) in [6.07, 6.45) is 1.74. The van der Waals surface area contributed by atoms with Gasteiger partial charge < -0.3 is 14.8 Å². The molecule has 21 heavy (non-hydrogen) atoms. The van der Waals surface area contributed by atoms with Crippen LogP contribution in [0.1, 0.15) is 28.2 Å². The van der Waals surface area contributed by atoms with E-state index in [9.17, 15) is 4.79 Å². The van der Waals surface area contributed by atoms with E-state index in [0.29, 0.717) is 25.5 Å². The van der Waals surface area contributed by atoms with Gasteiger partial charge >= 0.3 is 0 Å². The average molecular weight is 294 g/mol. The average Bonchev–Trinajstić information content (AvgIpc) is 2.96. The molecule has 3 rings (SSSR count). The summed E-state index contributed by atoms with van der Waals surface area (Å²) in [5.41, 5.74) is 2.42. The van der Waals surface area contributed by atoms with Gasteiger partial charge in [-0.2, -0.15) is 5.10 Å². The zero-order valence-corrected chi connectivity index (χ0v) is 12.2. The van der Waals surface area contributed by atoms with Gasteiger partial charge in [0.2, 0.25) is 0 Å². The minimum Gasteiger partial charge on any atom is -0.379 e. The number of hydrogen-bond acceptors (Lipinski definition) is 5. The Hall–Kier alpha value is -1.44. The molecule has 0 aromatic carbocycles. The largest absolute Gasteiger partial charge is 0.379 e. The van der Waals surface area contributed by atoms with Crippen LogP contribution in [0.15, 0.2) is 0 Å². The number of ether oxygens (including phenoxy) is 2. The zero-order valence-electron chi connectivity index (χ0n) is 12.2. The van der Waals surface area contributed by atoms with Crippen molar-refractivity contribution in [3.8, 4) is 0 Å². The van der Waals surface area contributed by atoms with Gasteiger partial charge in [-0.25, -0.2) is 0 Å². The summed E-state index contributed by atoms with van der Waals surface area (Å²) in [6.45, 7) is 6.41. The van der Waals surface area contributed by atoms with E-state index >= 15 is 0 Å². The van der Waals surface area contributed by atoms with Crippen LogP contribution in [0.4, 0.5) is 0 Å². The molecule has 1 aromatic rings. The Balaban J connectivity index is 1.43. The van der Waals surface area contributed by atoms with Gasteiger partial charge in [0, 0.05) is 37.3 Å². The van der Waals surface area contributed by atoms with E-state index in [1.54, 1.807) is 0 Å². The molecule has 1 amide bonds. The molecule has 2 aliphatic rings. The Morgan fingerprint density at radius 3 is 3.00 bits per heavy atom. The molecule has 0 spiro atoms. The number of amides is 1. The third-order valence-electron chi connectivity index (χ3n) is 3.95. The van der Waals surface area contributed by atoms with Crippen LogP contribution in [0.5, 0.6) is 0 Å². The number of nitrogens with one attached hydrogen (secondary N) is 2. The van der Waals surface area contributed by atoms with Gasteiger partial charge in [-0.1, -0.05) is 0 Å². The third-order valence-corrected chi connectivity index (χ3v) is 3.95. The number of rotatable bonds is 5. The van der Waals surface area contributed by atoms with Gasteiger partial charge in [0.1, 0.15) is 0 Å². The monoisotopic (exact) mass is 294 g/mol. The topological polar surface area (TPSA) is 79.5 Å². The zero-order chi connectivity index (χ0) is 14.5. The summed E-state index contributed by atoms with van der Waals surface area (Å²) >= 11 is 0. The molecule has 7 heteroatoms. The Bertz CT molecular complexity index is 483. The molecule has 7 nitrogen and oxygen atoms in total. The molecule has 0 unspecified atom stereocenters. The van der Waals surface area contributed by atoms with E-state index in [1.807, 2.05) is 0 Å². The highest BCUT2D eigenvalue weighted by Crippen LogP contribution is 2.17. The maximum absolute atomic E-state index is 12.1. The highest BCUT2D eigenvalue weighted by molar-refractivity contribution is 5.93. The molecule has 0 atom stereocenters. The molecule has 0 radical (unpaired) electrons. The van der Waals surface area contributed by atoms with Gasteiger partial charge in [0.25, 0.3) is 5.91 Å². The van der Waals surface area contributed by atoms with Crippen LogP contribution < -0.4 is 5.32 Å². The second-order valence-electron chi connectivity index (χ2n) is 5.40. The number of aromatic nitrogens is 2. The molecule has 0 bridgehead atoms. The van der Waals surface area contributed by atoms with Crippen molar-refractivity contribution in [1.29, 1.82) is 0 Å². The summed E-state index contributed by atoms with van der Waals surface area (Å²) in [5, 5.41) is 10.00. The molecule has 2 aliphatic heterocycles. The van der Waals surface area contributed by atoms with E-state index in [2.05, 4.69) is 20.4 Å². The third kappa shape index (κ3) is 3.61. The first-order chi connectivity index (χ1) is 10.3. The van der Waals surface area contributed by atoms with Gasteiger partial charge in [-0.05, 0) is 13.0 Å². The number of fused-ring (bicyclic) bond motifs is 1. The van der Waals surface area contributed by atoms with Crippen molar-refractivity contribution < 1.29 is 14.3 Å². The lowest BCUT2D eigenvalue weighted by atomic mass is 10.1. The van der Waals surface area contributed by atoms with E-state index in [-0.39, 0.29) is 5.91 Å². The minimum atomic E-state index is -0.111. The van der Waals surface area contributed by atoms with Crippen LogP contribution in [0.25, 0.3) is 0 Å². The van der Waals surface area contributed by atoms with E-state index < -0.39 is 0 Å². The number of carbonyl (C=O) groups is 1. The molecule has 3 heterocycles. The number of morpholine rings is 1. The van der Waals surface area contributed by atoms with Crippen molar-refractivity contribution in [3.63, 3.8) is 0 Å². The number of carbonyl (C=O) groups excluding carboxylic acids is 1. The molecule has 1 fully saturated rings. The summed E-state index contributed by atoms with van der Waals surface area (Å²) < 4.78 is 10.7. The fourth-order valence-electron chi connectivity index (χ4n) is 2.71. The lowest BCUT2D eigenvalue weighted by molar-refractivity contribution is 0.0374. The van der Waals surface area contributed by atoms with Crippen LogP contribution in [0.2, 0.25) is 0 Å². The van der Waals surface area contributed by atoms with Crippen molar-refractivity contribution in [2.24, 2.45) is 0 Å². The SMILES string of the molecule is O=C(NCCCN1CCOCC1)c1n[nH]c2c1COCC2. The van der Waals surface area contributed by atoms with E-state index in [1.165, 1.54) is 0 Å². The van der Waals surface area contributed by atoms with E-state index in [0.717, 1.165) is 56.9 Å². The summed E-state index contributed by atoms with van der Waals surface area (Å²) in [7, 11) is 0. The second-order valence-corrected chi connectivity index (χ2v) is 5.40. The summed E-state index contributed by atoms with van der Waals surface area (Å²) in [4.78, 5) is 14.5. The molecule has 1 aromatic heterocycles. The lowest BCUT2D eigenvalue weighted by Gasteiger charge is -2.26. The van der Waals surface area contributed by atoms with Crippen LogP contribution in [0, 0.1) is 0 Å². The number of hydrogen-bond donors (Lipinski definition) is 2. The van der Waals surface area contributed by atoms with Crippen LogP contribution in [-0.4, -0.2) is 67.0 Å². The minimum absolute atomic E-state index is 0.111. The fraction of sp³-hybridized carbons (Fsp3) is 0.714. The normalized spacial score (nSPS) is 19.2. The molecule has 1 saturated heterocycles. The number of H-pyrrole nitrogens is 1. The predicted molar refractivity (Wildman–Crippen MR) is 76.2 cm³/mol. The van der Waals surface area contributed by atoms with E-state index in [4.69, 9.17) is 9.47 Å². The van der Waals surface area contributed by atoms with Crippen LogP contribution in [0.3, 0.4) is 0 Å². The Morgan fingerprint density at radius 1 is 1.29 bits per heavy atom. The van der Waals surface area contributed by atoms with Crippen LogP contribution in [-0.2, 0) is 22.5 Å². The van der Waals surface area contributed by atoms with Crippen molar-refractivity contribution in [3.05, 3.63) is 17.0 Å². The quantitative estimate of drug-likeness (QED) is 0.744. The number of nitrogens with zero attached hydrogens (tertiary/aromatic N) is 2.